The number of ether oxygens (including phenoxy) is 1. The molecule has 2 heterocycles. The number of aromatic nitrogens is 1. The Kier molecular flexibility index (Phi) is 6.96. The maximum atomic E-state index is 13.4. The van der Waals surface area contributed by atoms with E-state index >= 15 is 0 Å². The molecule has 0 saturated carbocycles. The Morgan fingerprint density at radius 1 is 1.14 bits per heavy atom. The van der Waals surface area contributed by atoms with E-state index in [1.165, 1.54) is 12.1 Å². The number of rotatable bonds is 6. The number of hydrogen-bond acceptors (Lipinski definition) is 3. The minimum atomic E-state index is -4.41. The van der Waals surface area contributed by atoms with E-state index < -0.39 is 11.7 Å². The fraction of sp³-hybridized carbons (Fsp3) is 0.476. The number of alkyl halides is 3. The zero-order valence-electron chi connectivity index (χ0n) is 16.1. The fourth-order valence-corrected chi connectivity index (χ4v) is 4.13. The molecule has 8 heteroatoms. The fourth-order valence-electron chi connectivity index (χ4n) is 3.65. The van der Waals surface area contributed by atoms with Crippen molar-refractivity contribution in [3.8, 4) is 0 Å². The smallest absolute Gasteiger partial charge is 0.380 e. The molecule has 1 aliphatic heterocycles. The molecule has 0 unspecified atom stereocenters. The van der Waals surface area contributed by atoms with Gasteiger partial charge in [0.05, 0.1) is 18.8 Å². The predicted octanol–water partition coefficient (Wildman–Crippen LogP) is 5.22. The van der Waals surface area contributed by atoms with Crippen molar-refractivity contribution in [3.05, 3.63) is 63.6 Å². The van der Waals surface area contributed by atoms with Crippen LogP contribution >= 0.6 is 15.9 Å². The standard InChI is InChI=1S/C21H23BrF4N2O/c1-28-9-7-20(8-10-28,15-2-4-17(23)5-3-15)14-29-11-6-18-12-16(21(24,25)26)13-19(22)27-18/h2-5,12-13H,6-11,14H2,1H3. The Bertz CT molecular complexity index is 818. The van der Waals surface area contributed by atoms with Crippen molar-refractivity contribution in [3.63, 3.8) is 0 Å². The third-order valence-electron chi connectivity index (χ3n) is 5.46. The van der Waals surface area contributed by atoms with Crippen molar-refractivity contribution < 1.29 is 22.3 Å². The van der Waals surface area contributed by atoms with Gasteiger partial charge < -0.3 is 9.64 Å². The van der Waals surface area contributed by atoms with E-state index in [1.807, 2.05) is 0 Å². The summed E-state index contributed by atoms with van der Waals surface area (Å²) in [5, 5.41) is 0. The molecular weight excluding hydrogens is 452 g/mol. The molecule has 29 heavy (non-hydrogen) atoms. The second-order valence-corrected chi connectivity index (χ2v) is 8.37. The summed E-state index contributed by atoms with van der Waals surface area (Å²) < 4.78 is 58.3. The van der Waals surface area contributed by atoms with Gasteiger partial charge in [0.25, 0.3) is 0 Å². The number of halogens is 5. The van der Waals surface area contributed by atoms with Gasteiger partial charge in [0.1, 0.15) is 10.4 Å². The van der Waals surface area contributed by atoms with Crippen LogP contribution in [-0.2, 0) is 22.7 Å². The molecule has 2 aromatic rings. The molecule has 0 N–H and O–H groups in total. The molecule has 3 nitrogen and oxygen atoms in total. The molecular formula is C21H23BrF4N2O. The molecule has 158 valence electrons. The molecule has 0 amide bonds. The number of benzene rings is 1. The lowest BCUT2D eigenvalue weighted by Gasteiger charge is -2.41. The van der Waals surface area contributed by atoms with Crippen LogP contribution in [0.15, 0.2) is 41.0 Å². The number of hydrogen-bond donors (Lipinski definition) is 0. The second kappa shape index (κ2) is 9.10. The molecule has 0 atom stereocenters. The zero-order valence-corrected chi connectivity index (χ0v) is 17.7. The van der Waals surface area contributed by atoms with Crippen LogP contribution in [0.4, 0.5) is 17.6 Å². The van der Waals surface area contributed by atoms with Crippen LogP contribution in [-0.4, -0.2) is 43.2 Å². The van der Waals surface area contributed by atoms with Crippen LogP contribution in [0, 0.1) is 5.82 Å². The van der Waals surface area contributed by atoms with Gasteiger partial charge in [-0.25, -0.2) is 9.37 Å². The van der Waals surface area contributed by atoms with E-state index in [0.717, 1.165) is 43.6 Å². The Morgan fingerprint density at radius 2 is 1.79 bits per heavy atom. The first-order chi connectivity index (χ1) is 13.7. The highest BCUT2D eigenvalue weighted by Crippen LogP contribution is 2.36. The highest BCUT2D eigenvalue weighted by molar-refractivity contribution is 9.10. The number of nitrogens with zero attached hydrogens (tertiary/aromatic N) is 2. The highest BCUT2D eigenvalue weighted by Gasteiger charge is 2.36. The summed E-state index contributed by atoms with van der Waals surface area (Å²) in [5.74, 6) is -0.279. The third kappa shape index (κ3) is 5.77. The first-order valence-electron chi connectivity index (χ1n) is 9.44. The van der Waals surface area contributed by atoms with Crippen molar-refractivity contribution >= 4 is 15.9 Å². The van der Waals surface area contributed by atoms with Crippen LogP contribution in [0.25, 0.3) is 0 Å². The van der Waals surface area contributed by atoms with Crippen LogP contribution in [0.2, 0.25) is 0 Å². The molecule has 0 spiro atoms. The molecule has 0 bridgehead atoms. The lowest BCUT2D eigenvalue weighted by atomic mass is 9.73. The van der Waals surface area contributed by atoms with Gasteiger partial charge in [-0.2, -0.15) is 13.2 Å². The summed E-state index contributed by atoms with van der Waals surface area (Å²) >= 11 is 3.04. The minimum absolute atomic E-state index is 0.153. The summed E-state index contributed by atoms with van der Waals surface area (Å²) in [6.07, 6.45) is -2.38. The van der Waals surface area contributed by atoms with Gasteiger partial charge in [-0.05, 0) is 78.7 Å². The third-order valence-corrected chi connectivity index (χ3v) is 5.86. The van der Waals surface area contributed by atoms with Crippen molar-refractivity contribution in [2.75, 3.05) is 33.4 Å². The van der Waals surface area contributed by atoms with Crippen molar-refractivity contribution in [1.29, 1.82) is 0 Å². The van der Waals surface area contributed by atoms with Crippen LogP contribution in [0.3, 0.4) is 0 Å². The molecule has 1 aliphatic rings. The Morgan fingerprint density at radius 3 is 2.41 bits per heavy atom. The lowest BCUT2D eigenvalue weighted by Crippen LogP contribution is -2.44. The van der Waals surface area contributed by atoms with Gasteiger partial charge in [-0.15, -0.1) is 0 Å². The average molecular weight is 475 g/mol. The quantitative estimate of drug-likeness (QED) is 0.325. The number of pyridine rings is 1. The molecule has 0 aliphatic carbocycles. The Balaban J connectivity index is 1.65. The summed E-state index contributed by atoms with van der Waals surface area (Å²) in [6.45, 7) is 2.51. The van der Waals surface area contributed by atoms with E-state index in [4.69, 9.17) is 4.74 Å². The van der Waals surface area contributed by atoms with E-state index in [0.29, 0.717) is 12.3 Å². The van der Waals surface area contributed by atoms with Crippen molar-refractivity contribution in [1.82, 2.24) is 9.88 Å². The predicted molar refractivity (Wildman–Crippen MR) is 106 cm³/mol. The van der Waals surface area contributed by atoms with Gasteiger partial charge in [0.2, 0.25) is 0 Å². The van der Waals surface area contributed by atoms with Gasteiger partial charge in [0, 0.05) is 17.5 Å². The van der Waals surface area contributed by atoms with E-state index in [9.17, 15) is 17.6 Å². The van der Waals surface area contributed by atoms with E-state index in [2.05, 4.69) is 32.9 Å². The van der Waals surface area contributed by atoms with Crippen LogP contribution in [0.5, 0.6) is 0 Å². The summed E-state index contributed by atoms with van der Waals surface area (Å²) in [7, 11) is 2.06. The first-order valence-corrected chi connectivity index (χ1v) is 10.2. The monoisotopic (exact) mass is 474 g/mol. The van der Waals surface area contributed by atoms with Crippen LogP contribution < -0.4 is 0 Å². The van der Waals surface area contributed by atoms with Crippen molar-refractivity contribution in [2.24, 2.45) is 0 Å². The highest BCUT2D eigenvalue weighted by atomic mass is 79.9. The SMILES string of the molecule is CN1CCC(COCCc2cc(C(F)(F)F)cc(Br)n2)(c2ccc(F)cc2)CC1. The topological polar surface area (TPSA) is 25.4 Å². The summed E-state index contributed by atoms with van der Waals surface area (Å²) in [5.41, 5.74) is 0.410. The Hall–Kier alpha value is -1.51. The maximum Gasteiger partial charge on any atom is 0.416 e. The van der Waals surface area contributed by atoms with Gasteiger partial charge >= 0.3 is 6.18 Å². The molecule has 0 radical (unpaired) electrons. The number of likely N-dealkylation sites (tertiary alicyclic amines) is 1. The van der Waals surface area contributed by atoms with E-state index in [-0.39, 0.29) is 28.9 Å². The van der Waals surface area contributed by atoms with Gasteiger partial charge in [0.15, 0.2) is 0 Å². The minimum Gasteiger partial charge on any atom is -0.380 e. The van der Waals surface area contributed by atoms with Crippen LogP contribution in [0.1, 0.15) is 29.7 Å². The summed E-state index contributed by atoms with van der Waals surface area (Å²) in [6, 6.07) is 8.54. The molecule has 1 saturated heterocycles. The molecule has 3 rings (SSSR count). The number of piperidine rings is 1. The maximum absolute atomic E-state index is 13.4. The van der Waals surface area contributed by atoms with Gasteiger partial charge in [-0.1, -0.05) is 12.1 Å². The van der Waals surface area contributed by atoms with Gasteiger partial charge in [-0.3, -0.25) is 0 Å². The second-order valence-electron chi connectivity index (χ2n) is 7.56. The molecule has 1 aromatic carbocycles. The Labute approximate surface area is 176 Å². The zero-order chi connectivity index (χ0) is 21.1. The average Bonchev–Trinajstić information content (AvgIpc) is 2.66. The summed E-state index contributed by atoms with van der Waals surface area (Å²) in [4.78, 5) is 6.36. The van der Waals surface area contributed by atoms with E-state index in [1.54, 1.807) is 12.1 Å². The molecule has 1 fully saturated rings. The first kappa shape index (κ1) is 22.2. The lowest BCUT2D eigenvalue weighted by molar-refractivity contribution is -0.137. The largest absolute Gasteiger partial charge is 0.416 e. The van der Waals surface area contributed by atoms with Crippen molar-refractivity contribution in [2.45, 2.75) is 30.9 Å². The normalized spacial score (nSPS) is 17.4. The molecule has 1 aromatic heterocycles.